The SMILES string of the molecule is O=C(c1ccccc1Cl)N1CCC(c2c[nH]c3ccccc23)C1. The first-order chi connectivity index (χ1) is 11.2. The van der Waals surface area contributed by atoms with Gasteiger partial charge in [0.15, 0.2) is 0 Å². The molecule has 1 amide bonds. The summed E-state index contributed by atoms with van der Waals surface area (Å²) in [5.74, 6) is 0.399. The van der Waals surface area contributed by atoms with E-state index >= 15 is 0 Å². The number of H-pyrrole nitrogens is 1. The molecule has 1 N–H and O–H groups in total. The first-order valence-corrected chi connectivity index (χ1v) is 8.21. The van der Waals surface area contributed by atoms with Gasteiger partial charge in [0.1, 0.15) is 0 Å². The van der Waals surface area contributed by atoms with Crippen molar-refractivity contribution >= 4 is 28.4 Å². The van der Waals surface area contributed by atoms with Crippen LogP contribution in [0.4, 0.5) is 0 Å². The number of carbonyl (C=O) groups is 1. The van der Waals surface area contributed by atoms with Gasteiger partial charge in [0.05, 0.1) is 10.6 Å². The maximum atomic E-state index is 12.7. The Morgan fingerprint density at radius 1 is 1.13 bits per heavy atom. The third-order valence-electron chi connectivity index (χ3n) is 4.64. The van der Waals surface area contributed by atoms with Gasteiger partial charge in [0.25, 0.3) is 5.91 Å². The van der Waals surface area contributed by atoms with Crippen LogP contribution in [-0.2, 0) is 0 Å². The van der Waals surface area contributed by atoms with Crippen LogP contribution < -0.4 is 0 Å². The molecule has 0 saturated carbocycles. The molecule has 4 heteroatoms. The molecular formula is C19H17ClN2O. The van der Waals surface area contributed by atoms with Crippen LogP contribution in [0, 0.1) is 0 Å². The van der Waals surface area contributed by atoms with Crippen molar-refractivity contribution in [2.45, 2.75) is 12.3 Å². The van der Waals surface area contributed by atoms with Gasteiger partial charge < -0.3 is 9.88 Å². The number of halogens is 1. The molecule has 3 nitrogen and oxygen atoms in total. The maximum Gasteiger partial charge on any atom is 0.255 e. The monoisotopic (exact) mass is 324 g/mol. The minimum atomic E-state index is 0.0259. The summed E-state index contributed by atoms with van der Waals surface area (Å²) in [4.78, 5) is 17.9. The number of aromatic nitrogens is 1. The topological polar surface area (TPSA) is 36.1 Å². The minimum absolute atomic E-state index is 0.0259. The number of aromatic amines is 1. The van der Waals surface area contributed by atoms with Crippen LogP contribution in [0.1, 0.15) is 28.3 Å². The molecule has 0 radical (unpaired) electrons. The summed E-state index contributed by atoms with van der Waals surface area (Å²) >= 11 is 6.16. The molecule has 0 aliphatic carbocycles. The molecule has 1 aliphatic rings. The van der Waals surface area contributed by atoms with Crippen LogP contribution in [-0.4, -0.2) is 28.9 Å². The third kappa shape index (κ3) is 2.51. The van der Waals surface area contributed by atoms with E-state index in [2.05, 4.69) is 29.4 Å². The van der Waals surface area contributed by atoms with Crippen molar-refractivity contribution in [1.82, 2.24) is 9.88 Å². The highest BCUT2D eigenvalue weighted by molar-refractivity contribution is 6.33. The fourth-order valence-electron chi connectivity index (χ4n) is 3.44. The molecule has 1 aliphatic heterocycles. The summed E-state index contributed by atoms with van der Waals surface area (Å²) in [6.45, 7) is 1.51. The largest absolute Gasteiger partial charge is 0.361 e. The van der Waals surface area contributed by atoms with E-state index in [-0.39, 0.29) is 5.91 Å². The molecule has 2 aromatic carbocycles. The fraction of sp³-hybridized carbons (Fsp3) is 0.211. The fourth-order valence-corrected chi connectivity index (χ4v) is 3.65. The third-order valence-corrected chi connectivity index (χ3v) is 4.97. The number of nitrogens with zero attached hydrogens (tertiary/aromatic N) is 1. The molecule has 1 atom stereocenters. The number of likely N-dealkylation sites (tertiary alicyclic amines) is 1. The Balaban J connectivity index is 1.58. The van der Waals surface area contributed by atoms with Gasteiger partial charge in [-0.2, -0.15) is 0 Å². The summed E-state index contributed by atoms with van der Waals surface area (Å²) in [5, 5.41) is 1.78. The Hall–Kier alpha value is -2.26. The maximum absolute atomic E-state index is 12.7. The molecule has 0 bridgehead atoms. The quantitative estimate of drug-likeness (QED) is 0.742. The van der Waals surface area contributed by atoms with Gasteiger partial charge >= 0.3 is 0 Å². The highest BCUT2D eigenvalue weighted by Crippen LogP contribution is 2.33. The Kier molecular flexibility index (Phi) is 3.58. The number of para-hydroxylation sites is 1. The Bertz CT molecular complexity index is 870. The smallest absolute Gasteiger partial charge is 0.255 e. The van der Waals surface area contributed by atoms with E-state index in [0.29, 0.717) is 16.5 Å². The number of fused-ring (bicyclic) bond motifs is 1. The standard InChI is InChI=1S/C19H17ClN2O/c20-17-7-3-1-6-15(17)19(23)22-10-9-13(12-22)16-11-21-18-8-4-2-5-14(16)18/h1-8,11,13,21H,9-10,12H2. The second-order valence-electron chi connectivity index (χ2n) is 6.01. The van der Waals surface area contributed by atoms with Gasteiger partial charge in [-0.05, 0) is 30.2 Å². The molecule has 3 aromatic rings. The van der Waals surface area contributed by atoms with Gasteiger partial charge in [0.2, 0.25) is 0 Å². The van der Waals surface area contributed by atoms with Gasteiger partial charge in [-0.1, -0.05) is 41.9 Å². The van der Waals surface area contributed by atoms with Crippen LogP contribution in [0.25, 0.3) is 10.9 Å². The average Bonchev–Trinajstić information content (AvgIpc) is 3.21. The predicted octanol–water partition coefficient (Wildman–Crippen LogP) is 4.45. The second-order valence-corrected chi connectivity index (χ2v) is 6.41. The van der Waals surface area contributed by atoms with Crippen molar-refractivity contribution in [1.29, 1.82) is 0 Å². The second kappa shape index (κ2) is 5.74. The Morgan fingerprint density at radius 2 is 1.91 bits per heavy atom. The van der Waals surface area contributed by atoms with Crippen LogP contribution >= 0.6 is 11.6 Å². The van der Waals surface area contributed by atoms with E-state index < -0.39 is 0 Å². The highest BCUT2D eigenvalue weighted by Gasteiger charge is 2.30. The summed E-state index contributed by atoms with van der Waals surface area (Å²) in [6.07, 6.45) is 3.07. The molecule has 116 valence electrons. The van der Waals surface area contributed by atoms with E-state index in [1.165, 1.54) is 10.9 Å². The molecule has 1 saturated heterocycles. The lowest BCUT2D eigenvalue weighted by molar-refractivity contribution is 0.0791. The van der Waals surface area contributed by atoms with Crippen molar-refractivity contribution in [3.8, 4) is 0 Å². The molecule has 4 rings (SSSR count). The van der Waals surface area contributed by atoms with Gasteiger partial charge in [0, 0.05) is 36.1 Å². The van der Waals surface area contributed by atoms with Crippen LogP contribution in [0.5, 0.6) is 0 Å². The zero-order chi connectivity index (χ0) is 15.8. The first-order valence-electron chi connectivity index (χ1n) is 7.84. The number of hydrogen-bond donors (Lipinski definition) is 1. The normalized spacial score (nSPS) is 17.8. The number of rotatable bonds is 2. The molecule has 1 unspecified atom stereocenters. The van der Waals surface area contributed by atoms with Crippen LogP contribution in [0.2, 0.25) is 5.02 Å². The lowest BCUT2D eigenvalue weighted by Crippen LogP contribution is -2.28. The minimum Gasteiger partial charge on any atom is -0.361 e. The Morgan fingerprint density at radius 3 is 2.78 bits per heavy atom. The van der Waals surface area contributed by atoms with E-state index in [0.717, 1.165) is 25.0 Å². The number of nitrogens with one attached hydrogen (secondary N) is 1. The van der Waals surface area contributed by atoms with Gasteiger partial charge in [-0.25, -0.2) is 0 Å². The zero-order valence-electron chi connectivity index (χ0n) is 12.6. The summed E-state index contributed by atoms with van der Waals surface area (Å²) in [6, 6.07) is 15.6. The van der Waals surface area contributed by atoms with E-state index in [4.69, 9.17) is 11.6 Å². The van der Waals surface area contributed by atoms with E-state index in [1.807, 2.05) is 23.1 Å². The zero-order valence-corrected chi connectivity index (χ0v) is 13.4. The first kappa shape index (κ1) is 14.3. The Labute approximate surface area is 139 Å². The van der Waals surface area contributed by atoms with Crippen molar-refractivity contribution in [3.05, 3.63) is 70.9 Å². The lowest BCUT2D eigenvalue weighted by Gasteiger charge is -2.17. The molecule has 23 heavy (non-hydrogen) atoms. The lowest BCUT2D eigenvalue weighted by atomic mass is 9.98. The molecule has 1 aromatic heterocycles. The van der Waals surface area contributed by atoms with Crippen molar-refractivity contribution < 1.29 is 4.79 Å². The molecule has 2 heterocycles. The predicted molar refractivity (Wildman–Crippen MR) is 93.0 cm³/mol. The van der Waals surface area contributed by atoms with Crippen molar-refractivity contribution in [2.75, 3.05) is 13.1 Å². The van der Waals surface area contributed by atoms with Crippen molar-refractivity contribution in [2.24, 2.45) is 0 Å². The summed E-state index contributed by atoms with van der Waals surface area (Å²) in [5.41, 5.74) is 3.04. The number of hydrogen-bond acceptors (Lipinski definition) is 1. The van der Waals surface area contributed by atoms with Crippen LogP contribution in [0.15, 0.2) is 54.7 Å². The van der Waals surface area contributed by atoms with E-state index in [1.54, 1.807) is 12.1 Å². The molecule has 0 spiro atoms. The van der Waals surface area contributed by atoms with Crippen molar-refractivity contribution in [3.63, 3.8) is 0 Å². The molecule has 1 fully saturated rings. The highest BCUT2D eigenvalue weighted by atomic mass is 35.5. The molecular weight excluding hydrogens is 308 g/mol. The number of amides is 1. The van der Waals surface area contributed by atoms with Crippen LogP contribution in [0.3, 0.4) is 0 Å². The summed E-state index contributed by atoms with van der Waals surface area (Å²) in [7, 11) is 0. The number of carbonyl (C=O) groups excluding carboxylic acids is 1. The average molecular weight is 325 g/mol. The van der Waals surface area contributed by atoms with Gasteiger partial charge in [-0.3, -0.25) is 4.79 Å². The van der Waals surface area contributed by atoms with E-state index in [9.17, 15) is 4.79 Å². The van der Waals surface area contributed by atoms with Gasteiger partial charge in [-0.15, -0.1) is 0 Å². The number of benzene rings is 2. The summed E-state index contributed by atoms with van der Waals surface area (Å²) < 4.78 is 0.